The third-order valence-electron chi connectivity index (χ3n) is 3.37. The summed E-state index contributed by atoms with van der Waals surface area (Å²) in [4.78, 5) is 19.5. The molecule has 2 aliphatic rings. The molecule has 0 radical (unpaired) electrons. The van der Waals surface area contributed by atoms with Crippen molar-refractivity contribution in [2.24, 2.45) is 0 Å². The van der Waals surface area contributed by atoms with Gasteiger partial charge in [-0.3, -0.25) is 15.1 Å². The Balaban J connectivity index is 1.71. The first-order valence-electron chi connectivity index (χ1n) is 6.50. The van der Waals surface area contributed by atoms with Gasteiger partial charge >= 0.3 is 0 Å². The summed E-state index contributed by atoms with van der Waals surface area (Å²) in [5.41, 5.74) is 4.45. The lowest BCUT2D eigenvalue weighted by atomic mass is 10.1. The van der Waals surface area contributed by atoms with Crippen LogP contribution in [-0.4, -0.2) is 37.1 Å². The lowest BCUT2D eigenvalue weighted by Gasteiger charge is -2.26. The Kier molecular flexibility index (Phi) is 4.05. The van der Waals surface area contributed by atoms with E-state index in [4.69, 9.17) is 9.57 Å². The van der Waals surface area contributed by atoms with Crippen LogP contribution in [0.2, 0.25) is 0 Å². The number of hydrogen-bond donors (Lipinski definition) is 1. The number of rotatable bonds is 2. The monoisotopic (exact) mass is 338 g/mol. The lowest BCUT2D eigenvalue weighted by molar-refractivity contribution is 0.0302. The summed E-state index contributed by atoms with van der Waals surface area (Å²) in [6.45, 7) is 2.55. The van der Waals surface area contributed by atoms with Crippen molar-refractivity contribution in [3.63, 3.8) is 0 Å². The molecular formula is C14H15BrN2O3. The normalized spacial score (nSPS) is 22.4. The summed E-state index contributed by atoms with van der Waals surface area (Å²) in [7, 11) is 0. The maximum Gasteiger partial charge on any atom is 0.254 e. The van der Waals surface area contributed by atoms with E-state index in [-0.39, 0.29) is 12.0 Å². The molecule has 6 heteroatoms. The Morgan fingerprint density at radius 2 is 1.95 bits per heavy atom. The molecule has 0 saturated carbocycles. The van der Waals surface area contributed by atoms with E-state index in [1.54, 1.807) is 0 Å². The van der Waals surface area contributed by atoms with Gasteiger partial charge in [0.15, 0.2) is 0 Å². The molecule has 2 heterocycles. The molecule has 0 unspecified atom stereocenters. The third kappa shape index (κ3) is 2.87. The molecule has 0 aliphatic carbocycles. The van der Waals surface area contributed by atoms with Gasteiger partial charge in [0.2, 0.25) is 0 Å². The standard InChI is InChI=1S/C14H15BrN2O3/c15-13-9-12(20-16-13)10-1-3-11(4-2-10)14(18)17-5-7-19-8-6-17/h1-4,9,12,16H,5-8H2/t12-/m1/s1. The molecule has 1 aromatic rings. The second-order valence-electron chi connectivity index (χ2n) is 4.68. The number of ether oxygens (including phenoxy) is 1. The Hall–Kier alpha value is -1.37. The zero-order chi connectivity index (χ0) is 13.9. The fraction of sp³-hybridized carbons (Fsp3) is 0.357. The number of benzene rings is 1. The fourth-order valence-corrected chi connectivity index (χ4v) is 2.58. The number of amides is 1. The van der Waals surface area contributed by atoms with Crippen molar-refractivity contribution >= 4 is 21.8 Å². The smallest absolute Gasteiger partial charge is 0.254 e. The minimum atomic E-state index is -0.128. The minimum Gasteiger partial charge on any atom is -0.378 e. The highest BCUT2D eigenvalue weighted by molar-refractivity contribution is 9.11. The topological polar surface area (TPSA) is 50.8 Å². The molecule has 5 nitrogen and oxygen atoms in total. The third-order valence-corrected chi connectivity index (χ3v) is 3.79. The minimum absolute atomic E-state index is 0.0574. The van der Waals surface area contributed by atoms with Crippen LogP contribution in [0.3, 0.4) is 0 Å². The number of hydroxylamine groups is 1. The average molecular weight is 339 g/mol. The second kappa shape index (κ2) is 5.95. The van der Waals surface area contributed by atoms with E-state index in [1.807, 2.05) is 35.2 Å². The summed E-state index contributed by atoms with van der Waals surface area (Å²) < 4.78 is 6.07. The van der Waals surface area contributed by atoms with Crippen molar-refractivity contribution in [1.29, 1.82) is 0 Å². The average Bonchev–Trinajstić information content (AvgIpc) is 2.94. The molecule has 106 valence electrons. The molecular weight excluding hydrogens is 324 g/mol. The van der Waals surface area contributed by atoms with Crippen LogP contribution in [0.1, 0.15) is 22.0 Å². The Morgan fingerprint density at radius 3 is 2.55 bits per heavy atom. The molecule has 20 heavy (non-hydrogen) atoms. The van der Waals surface area contributed by atoms with Crippen LogP contribution in [0.5, 0.6) is 0 Å². The lowest BCUT2D eigenvalue weighted by Crippen LogP contribution is -2.40. The summed E-state index contributed by atoms with van der Waals surface area (Å²) in [5, 5.41) is 0. The molecule has 0 aromatic heterocycles. The number of halogens is 1. The highest BCUT2D eigenvalue weighted by Crippen LogP contribution is 2.26. The maximum absolute atomic E-state index is 12.3. The molecule has 1 N–H and O–H groups in total. The number of hydrogen-bond acceptors (Lipinski definition) is 4. The van der Waals surface area contributed by atoms with Crippen LogP contribution < -0.4 is 5.48 Å². The Labute approximate surface area is 125 Å². The van der Waals surface area contributed by atoms with Crippen molar-refractivity contribution in [3.8, 4) is 0 Å². The van der Waals surface area contributed by atoms with Crippen LogP contribution >= 0.6 is 15.9 Å². The Morgan fingerprint density at radius 1 is 1.25 bits per heavy atom. The van der Waals surface area contributed by atoms with Gasteiger partial charge < -0.3 is 9.64 Å². The highest BCUT2D eigenvalue weighted by atomic mass is 79.9. The van der Waals surface area contributed by atoms with Gasteiger partial charge in [-0.25, -0.2) is 0 Å². The van der Waals surface area contributed by atoms with E-state index < -0.39 is 0 Å². The molecule has 1 amide bonds. The molecule has 1 fully saturated rings. The molecule has 1 aromatic carbocycles. The molecule has 2 aliphatic heterocycles. The quantitative estimate of drug-likeness (QED) is 0.837. The highest BCUT2D eigenvalue weighted by Gasteiger charge is 2.20. The van der Waals surface area contributed by atoms with Crippen molar-refractivity contribution in [2.75, 3.05) is 26.3 Å². The van der Waals surface area contributed by atoms with Gasteiger partial charge in [0, 0.05) is 18.7 Å². The molecule has 0 bridgehead atoms. The zero-order valence-corrected chi connectivity index (χ0v) is 12.4. The summed E-state index contributed by atoms with van der Waals surface area (Å²) in [6, 6.07) is 7.53. The number of carbonyl (C=O) groups excluding carboxylic acids is 1. The maximum atomic E-state index is 12.3. The van der Waals surface area contributed by atoms with E-state index in [2.05, 4.69) is 21.4 Å². The first-order valence-corrected chi connectivity index (χ1v) is 7.29. The van der Waals surface area contributed by atoms with Gasteiger partial charge in [-0.05, 0) is 39.7 Å². The van der Waals surface area contributed by atoms with Crippen LogP contribution in [-0.2, 0) is 9.57 Å². The van der Waals surface area contributed by atoms with Crippen molar-refractivity contribution < 1.29 is 14.4 Å². The molecule has 1 saturated heterocycles. The van der Waals surface area contributed by atoms with Crippen LogP contribution in [0.25, 0.3) is 0 Å². The summed E-state index contributed by atoms with van der Waals surface area (Å²) in [6.07, 6.45) is 1.80. The van der Waals surface area contributed by atoms with Gasteiger partial charge in [-0.15, -0.1) is 0 Å². The number of morpholine rings is 1. The molecule has 3 rings (SSSR count). The van der Waals surface area contributed by atoms with Gasteiger partial charge in [-0.2, -0.15) is 0 Å². The second-order valence-corrected chi connectivity index (χ2v) is 5.54. The number of nitrogens with zero attached hydrogens (tertiary/aromatic N) is 1. The van der Waals surface area contributed by atoms with Crippen LogP contribution in [0.4, 0.5) is 0 Å². The van der Waals surface area contributed by atoms with Crippen LogP contribution in [0.15, 0.2) is 34.9 Å². The van der Waals surface area contributed by atoms with Crippen LogP contribution in [0, 0.1) is 0 Å². The van der Waals surface area contributed by atoms with E-state index in [1.165, 1.54) is 0 Å². The van der Waals surface area contributed by atoms with Gasteiger partial charge in [0.05, 0.1) is 13.2 Å². The van der Waals surface area contributed by atoms with Crippen molar-refractivity contribution in [1.82, 2.24) is 10.4 Å². The molecule has 1 atom stereocenters. The van der Waals surface area contributed by atoms with Crippen molar-refractivity contribution in [3.05, 3.63) is 46.1 Å². The Bertz CT molecular complexity index is 524. The summed E-state index contributed by atoms with van der Waals surface area (Å²) in [5.74, 6) is 0.0574. The van der Waals surface area contributed by atoms with Gasteiger partial charge in [-0.1, -0.05) is 12.1 Å². The predicted octanol–water partition coefficient (Wildman–Crippen LogP) is 1.97. The van der Waals surface area contributed by atoms with Gasteiger partial charge in [0.1, 0.15) is 10.7 Å². The predicted molar refractivity (Wildman–Crippen MR) is 77.1 cm³/mol. The largest absolute Gasteiger partial charge is 0.378 e. The fourth-order valence-electron chi connectivity index (χ4n) is 2.25. The van der Waals surface area contributed by atoms with E-state index in [9.17, 15) is 4.79 Å². The number of carbonyl (C=O) groups is 1. The SMILES string of the molecule is O=C(c1ccc([C@H]2C=C(Br)NO2)cc1)N1CCOCC1. The zero-order valence-electron chi connectivity index (χ0n) is 10.8. The van der Waals surface area contributed by atoms with E-state index in [0.717, 1.165) is 10.2 Å². The van der Waals surface area contributed by atoms with Gasteiger partial charge in [0.25, 0.3) is 5.91 Å². The number of nitrogens with one attached hydrogen (secondary N) is 1. The van der Waals surface area contributed by atoms with E-state index in [0.29, 0.717) is 31.9 Å². The first-order chi connectivity index (χ1) is 9.74. The molecule has 0 spiro atoms. The first kappa shape index (κ1) is 13.6. The van der Waals surface area contributed by atoms with Crippen molar-refractivity contribution in [2.45, 2.75) is 6.10 Å². The van der Waals surface area contributed by atoms with E-state index >= 15 is 0 Å². The summed E-state index contributed by atoms with van der Waals surface area (Å²) >= 11 is 3.32.